The maximum atomic E-state index is 12.7. The molecule has 0 aliphatic heterocycles. The van der Waals surface area contributed by atoms with Crippen molar-refractivity contribution >= 4 is 23.0 Å². The van der Waals surface area contributed by atoms with Crippen molar-refractivity contribution in [1.29, 1.82) is 0 Å². The van der Waals surface area contributed by atoms with Gasteiger partial charge in [0.05, 0.1) is 5.56 Å². The highest BCUT2D eigenvalue weighted by Crippen LogP contribution is 2.30. The van der Waals surface area contributed by atoms with E-state index in [1.807, 2.05) is 0 Å². The number of anilines is 1. The fourth-order valence-electron chi connectivity index (χ4n) is 2.36. The predicted octanol–water partition coefficient (Wildman–Crippen LogP) is 4.11. The van der Waals surface area contributed by atoms with E-state index in [1.54, 1.807) is 6.07 Å². The summed E-state index contributed by atoms with van der Waals surface area (Å²) in [6, 6.07) is 5.82. The van der Waals surface area contributed by atoms with Crippen LogP contribution in [0.2, 0.25) is 0 Å². The van der Waals surface area contributed by atoms with Gasteiger partial charge in [-0.1, -0.05) is 6.07 Å². The minimum atomic E-state index is -4.36. The Hall–Kier alpha value is -1.34. The largest absolute Gasteiger partial charge is 0.416 e. The molecule has 0 unspecified atom stereocenters. The van der Waals surface area contributed by atoms with Crippen molar-refractivity contribution in [2.75, 3.05) is 18.4 Å². The average Bonchev–Trinajstić information content (AvgIpc) is 2.42. The van der Waals surface area contributed by atoms with Crippen LogP contribution in [-0.2, 0) is 6.18 Å². The summed E-state index contributed by atoms with van der Waals surface area (Å²) < 4.78 is 38.0. The third-order valence-corrected chi connectivity index (χ3v) is 3.68. The molecule has 0 aromatic heterocycles. The first-order valence-electron chi connectivity index (χ1n) is 7.59. The van der Waals surface area contributed by atoms with Gasteiger partial charge >= 0.3 is 6.18 Å². The van der Waals surface area contributed by atoms with Crippen molar-refractivity contribution in [3.05, 3.63) is 29.8 Å². The van der Waals surface area contributed by atoms with Gasteiger partial charge in [0.15, 0.2) is 5.11 Å². The molecular weight excluding hydrogens is 323 g/mol. The summed E-state index contributed by atoms with van der Waals surface area (Å²) in [5.74, 6) is 0. The van der Waals surface area contributed by atoms with E-state index in [0.717, 1.165) is 18.7 Å². The molecule has 2 N–H and O–H groups in total. The average molecular weight is 347 g/mol. The molecule has 7 heteroatoms. The Morgan fingerprint density at radius 1 is 1.17 bits per heavy atom. The predicted molar refractivity (Wildman–Crippen MR) is 92.6 cm³/mol. The number of halogens is 3. The van der Waals surface area contributed by atoms with Gasteiger partial charge < -0.3 is 10.6 Å². The number of hydrogen-bond donors (Lipinski definition) is 2. The molecule has 1 aromatic carbocycles. The van der Waals surface area contributed by atoms with E-state index in [4.69, 9.17) is 12.2 Å². The quantitative estimate of drug-likeness (QED) is 0.758. The van der Waals surface area contributed by atoms with Gasteiger partial charge in [-0.25, -0.2) is 0 Å². The molecule has 0 saturated heterocycles. The minimum absolute atomic E-state index is 0.316. The van der Waals surface area contributed by atoms with Crippen molar-refractivity contribution in [2.24, 2.45) is 0 Å². The summed E-state index contributed by atoms with van der Waals surface area (Å²) in [4.78, 5) is 2.31. The second-order valence-corrected chi connectivity index (χ2v) is 6.29. The Bertz CT molecular complexity index is 508. The first kappa shape index (κ1) is 19.7. The third-order valence-electron chi connectivity index (χ3n) is 3.43. The molecule has 3 nitrogen and oxygen atoms in total. The van der Waals surface area contributed by atoms with Gasteiger partial charge in [0.1, 0.15) is 0 Å². The molecule has 0 heterocycles. The summed E-state index contributed by atoms with van der Waals surface area (Å²) in [5.41, 5.74) is -0.377. The van der Waals surface area contributed by atoms with E-state index >= 15 is 0 Å². The zero-order valence-electron chi connectivity index (χ0n) is 13.9. The molecule has 0 spiro atoms. The van der Waals surface area contributed by atoms with Crippen LogP contribution >= 0.6 is 12.2 Å². The van der Waals surface area contributed by atoms with E-state index in [9.17, 15) is 13.2 Å². The van der Waals surface area contributed by atoms with Crippen molar-refractivity contribution in [1.82, 2.24) is 10.2 Å². The molecule has 1 rings (SSSR count). The Balaban J connectivity index is 2.51. The van der Waals surface area contributed by atoms with Crippen molar-refractivity contribution in [2.45, 2.75) is 46.0 Å². The van der Waals surface area contributed by atoms with Gasteiger partial charge in [-0.3, -0.25) is 4.90 Å². The van der Waals surface area contributed by atoms with Gasteiger partial charge in [0.25, 0.3) is 0 Å². The number of rotatable bonds is 6. The topological polar surface area (TPSA) is 27.3 Å². The van der Waals surface area contributed by atoms with Gasteiger partial charge in [0.2, 0.25) is 0 Å². The van der Waals surface area contributed by atoms with Crippen molar-refractivity contribution < 1.29 is 13.2 Å². The Kier molecular flexibility index (Phi) is 7.28. The van der Waals surface area contributed by atoms with Crippen LogP contribution in [0.1, 0.15) is 33.3 Å². The fourth-order valence-corrected chi connectivity index (χ4v) is 2.58. The molecule has 0 fully saturated rings. The Labute approximate surface area is 141 Å². The summed E-state index contributed by atoms with van der Waals surface area (Å²) in [6.45, 7) is 9.93. The second-order valence-electron chi connectivity index (χ2n) is 5.88. The van der Waals surface area contributed by atoms with Gasteiger partial charge in [-0.2, -0.15) is 13.2 Å². The van der Waals surface area contributed by atoms with E-state index in [0.29, 0.717) is 29.4 Å². The highest BCUT2D eigenvalue weighted by molar-refractivity contribution is 7.80. The highest BCUT2D eigenvalue weighted by atomic mass is 32.1. The van der Waals surface area contributed by atoms with Crippen LogP contribution in [0.4, 0.5) is 18.9 Å². The lowest BCUT2D eigenvalue weighted by Gasteiger charge is -2.30. The lowest BCUT2D eigenvalue weighted by Crippen LogP contribution is -2.43. The minimum Gasteiger partial charge on any atom is -0.361 e. The molecule has 0 atom stereocenters. The van der Waals surface area contributed by atoms with Crippen LogP contribution in [0.15, 0.2) is 24.3 Å². The first-order chi connectivity index (χ1) is 10.6. The molecule has 23 heavy (non-hydrogen) atoms. The summed E-state index contributed by atoms with van der Waals surface area (Å²) in [6.07, 6.45) is -4.36. The summed E-state index contributed by atoms with van der Waals surface area (Å²) in [5, 5.41) is 6.13. The molecule has 130 valence electrons. The van der Waals surface area contributed by atoms with Gasteiger partial charge in [0, 0.05) is 30.9 Å². The van der Waals surface area contributed by atoms with Crippen LogP contribution in [0, 0.1) is 0 Å². The van der Waals surface area contributed by atoms with Crippen LogP contribution < -0.4 is 10.6 Å². The third kappa shape index (κ3) is 6.74. The second kappa shape index (κ2) is 8.49. The van der Waals surface area contributed by atoms with Crippen LogP contribution in [0.5, 0.6) is 0 Å². The zero-order valence-corrected chi connectivity index (χ0v) is 14.7. The SMILES string of the molecule is CC(C)N(CCNC(=S)Nc1cccc(C(F)(F)F)c1)C(C)C. The zero-order chi connectivity index (χ0) is 17.6. The summed E-state index contributed by atoms with van der Waals surface area (Å²) >= 11 is 5.13. The number of thiocarbonyl (C=S) groups is 1. The van der Waals surface area contributed by atoms with Gasteiger partial charge in [-0.05, 0) is 58.1 Å². The Morgan fingerprint density at radius 3 is 2.30 bits per heavy atom. The number of hydrogen-bond acceptors (Lipinski definition) is 2. The van der Waals surface area contributed by atoms with Crippen LogP contribution in [0.3, 0.4) is 0 Å². The van der Waals surface area contributed by atoms with Crippen LogP contribution in [-0.4, -0.2) is 35.2 Å². The number of alkyl halides is 3. The Morgan fingerprint density at radius 2 is 1.78 bits per heavy atom. The first-order valence-corrected chi connectivity index (χ1v) is 8.00. The highest BCUT2D eigenvalue weighted by Gasteiger charge is 2.30. The van der Waals surface area contributed by atoms with E-state index in [1.165, 1.54) is 6.07 Å². The molecule has 1 aromatic rings. The molecule has 0 aliphatic rings. The molecule has 0 bridgehead atoms. The standard InChI is InChI=1S/C16H24F3N3S/c1-11(2)22(12(3)4)9-8-20-15(23)21-14-7-5-6-13(10-14)16(17,18)19/h5-7,10-12H,8-9H2,1-4H3,(H2,20,21,23). The maximum absolute atomic E-state index is 12.7. The molecular formula is C16H24F3N3S. The molecule has 0 saturated carbocycles. The van der Waals surface area contributed by atoms with Crippen molar-refractivity contribution in [3.63, 3.8) is 0 Å². The molecule has 0 amide bonds. The molecule has 0 radical (unpaired) electrons. The fraction of sp³-hybridized carbons (Fsp3) is 0.562. The maximum Gasteiger partial charge on any atom is 0.416 e. The lowest BCUT2D eigenvalue weighted by atomic mass is 10.2. The van der Waals surface area contributed by atoms with E-state index < -0.39 is 11.7 Å². The number of nitrogens with one attached hydrogen (secondary N) is 2. The van der Waals surface area contributed by atoms with Crippen molar-refractivity contribution in [3.8, 4) is 0 Å². The van der Waals surface area contributed by atoms with Gasteiger partial charge in [-0.15, -0.1) is 0 Å². The van der Waals surface area contributed by atoms with Crippen LogP contribution in [0.25, 0.3) is 0 Å². The number of benzene rings is 1. The molecule has 0 aliphatic carbocycles. The monoisotopic (exact) mass is 347 g/mol. The van der Waals surface area contributed by atoms with E-state index in [2.05, 4.69) is 43.2 Å². The number of nitrogens with zero attached hydrogens (tertiary/aromatic N) is 1. The lowest BCUT2D eigenvalue weighted by molar-refractivity contribution is -0.137. The smallest absolute Gasteiger partial charge is 0.361 e. The summed E-state index contributed by atoms with van der Waals surface area (Å²) in [7, 11) is 0. The normalized spacial score (nSPS) is 12.1. The van der Waals surface area contributed by atoms with E-state index in [-0.39, 0.29) is 0 Å².